The molecule has 0 aliphatic heterocycles. The van der Waals surface area contributed by atoms with E-state index in [1.165, 1.54) is 38.9 Å². The summed E-state index contributed by atoms with van der Waals surface area (Å²) >= 11 is -4.40. The Labute approximate surface area is 226 Å². The van der Waals surface area contributed by atoms with Gasteiger partial charge in [0, 0.05) is 0 Å². The summed E-state index contributed by atoms with van der Waals surface area (Å²) in [6.07, 6.45) is 5.95. The van der Waals surface area contributed by atoms with Gasteiger partial charge in [-0.3, -0.25) is 0 Å². The van der Waals surface area contributed by atoms with Crippen LogP contribution in [0.15, 0.2) is 133 Å². The first-order valence-electron chi connectivity index (χ1n) is 13.7. The summed E-state index contributed by atoms with van der Waals surface area (Å²) in [5, 5.41) is 0. The van der Waals surface area contributed by atoms with Gasteiger partial charge in [0.2, 0.25) is 0 Å². The Kier molecular flexibility index (Phi) is 5.49. The van der Waals surface area contributed by atoms with E-state index < -0.39 is 18.0 Å². The van der Waals surface area contributed by atoms with Crippen LogP contribution in [0, 0.1) is 0 Å². The van der Waals surface area contributed by atoms with Crippen molar-refractivity contribution in [2.75, 3.05) is 0 Å². The van der Waals surface area contributed by atoms with Crippen LogP contribution in [-0.4, -0.2) is 3.26 Å². The van der Waals surface area contributed by atoms with Crippen molar-refractivity contribution in [1.82, 2.24) is 0 Å². The molecule has 5 aromatic carbocycles. The molecule has 5 aromatic rings. The van der Waals surface area contributed by atoms with Gasteiger partial charge >= 0.3 is 228 Å². The van der Waals surface area contributed by atoms with Crippen LogP contribution in [0.3, 0.4) is 0 Å². The zero-order valence-electron chi connectivity index (χ0n) is 22.1. The second-order valence-corrected chi connectivity index (χ2v) is 35.6. The first-order valence-corrected chi connectivity index (χ1v) is 26.6. The molecule has 0 fully saturated rings. The summed E-state index contributed by atoms with van der Waals surface area (Å²) in [4.78, 5) is 0. The van der Waals surface area contributed by atoms with E-state index in [1.54, 1.807) is 12.1 Å². The maximum atomic E-state index is 2.72. The first-order chi connectivity index (χ1) is 18.6. The van der Waals surface area contributed by atoms with Crippen LogP contribution in [0.2, 0.25) is 9.36 Å². The average molecular weight is 655 g/mol. The van der Waals surface area contributed by atoms with Gasteiger partial charge in [-0.1, -0.05) is 0 Å². The molecule has 0 heterocycles. The van der Waals surface area contributed by atoms with Gasteiger partial charge in [0.1, 0.15) is 0 Å². The number of hydrogen-bond acceptors (Lipinski definition) is 0. The molecule has 7 rings (SSSR count). The molecule has 0 N–H and O–H groups in total. The summed E-state index contributed by atoms with van der Waals surface area (Å²) in [7, 11) is 0. The summed E-state index contributed by atoms with van der Waals surface area (Å²) in [5.74, 6) is 0. The molecule has 1 unspecified atom stereocenters. The Balaban J connectivity index is 1.67. The number of fused-ring (bicyclic) bond motifs is 4. The van der Waals surface area contributed by atoms with Crippen molar-refractivity contribution < 1.29 is 18.0 Å². The third-order valence-electron chi connectivity index (χ3n) is 9.31. The van der Waals surface area contributed by atoms with Crippen molar-refractivity contribution in [3.05, 3.63) is 167 Å². The Bertz CT molecular complexity index is 1740. The molecule has 0 radical (unpaired) electrons. The molecule has 184 valence electrons. The van der Waals surface area contributed by atoms with Gasteiger partial charge < -0.3 is 0 Å². The molecular formula is C37H32Hf. The third-order valence-corrected chi connectivity index (χ3v) is 33.1. The Morgan fingerprint density at radius 3 is 1.95 bits per heavy atom. The van der Waals surface area contributed by atoms with Crippen molar-refractivity contribution in [1.29, 1.82) is 0 Å². The monoisotopic (exact) mass is 656 g/mol. The Hall–Kier alpha value is -3.42. The molecule has 0 amide bonds. The minimum atomic E-state index is -4.40. The van der Waals surface area contributed by atoms with Crippen LogP contribution >= 0.6 is 0 Å². The molecule has 2 aliphatic rings. The van der Waals surface area contributed by atoms with Gasteiger partial charge in [-0.2, -0.15) is 0 Å². The molecule has 0 saturated heterocycles. The van der Waals surface area contributed by atoms with Crippen LogP contribution < -0.4 is 3.32 Å². The summed E-state index contributed by atoms with van der Waals surface area (Å²) in [5.41, 5.74) is 11.4. The normalized spacial score (nSPS) is 15.6. The van der Waals surface area contributed by atoms with E-state index in [1.807, 2.05) is 0 Å². The van der Waals surface area contributed by atoms with E-state index in [2.05, 4.69) is 149 Å². The van der Waals surface area contributed by atoms with Crippen molar-refractivity contribution in [2.45, 2.75) is 19.5 Å². The summed E-state index contributed by atoms with van der Waals surface area (Å²) in [6.45, 7) is 0. The molecule has 0 spiro atoms. The van der Waals surface area contributed by atoms with Crippen LogP contribution in [0.4, 0.5) is 0 Å². The van der Waals surface area contributed by atoms with Gasteiger partial charge in [-0.15, -0.1) is 0 Å². The van der Waals surface area contributed by atoms with E-state index in [-0.39, 0.29) is 0 Å². The molecule has 1 atom stereocenters. The van der Waals surface area contributed by atoms with Gasteiger partial charge in [0.05, 0.1) is 0 Å². The fourth-order valence-corrected chi connectivity index (χ4v) is 31.5. The molecular weight excluding hydrogens is 623 g/mol. The molecule has 2 aliphatic carbocycles. The van der Waals surface area contributed by atoms with Crippen molar-refractivity contribution in [2.24, 2.45) is 0 Å². The molecule has 1 heteroatoms. The molecule has 0 aromatic heterocycles. The minimum absolute atomic E-state index is 0.383. The fraction of sp³-hybridized carbons (Fsp3) is 0.108. The molecule has 0 saturated carbocycles. The SMILES string of the molecule is [CH3][Hf]([CH3])(=[C](c1ccccc1)c1ccccc1)([c]1cccc2c1Cc1ccccc1-2)[CH]1C=Cc2ccccc21. The maximum absolute atomic E-state index is 4.40. The number of benzene rings is 5. The summed E-state index contributed by atoms with van der Waals surface area (Å²) < 4.78 is 9.04. The summed E-state index contributed by atoms with van der Waals surface area (Å²) in [6, 6.07) is 47.8. The predicted octanol–water partition coefficient (Wildman–Crippen LogP) is 8.71. The standard InChI is InChI=1S/C13H9.C13H10.C9H7.2CH3.Hf/c1-3-7-12-10(5-1)9-11-6-2-4-8-13(11)12;1-3-7-12(8-4-1)11-13-9-5-2-6-10-13;1-2-5-9-7-3-6-8(9)4-1;;;/h1-5,7-8H,9H2;1-10H;1-7H;2*1H3;. The van der Waals surface area contributed by atoms with Crippen molar-refractivity contribution >= 4 is 12.7 Å². The van der Waals surface area contributed by atoms with Crippen LogP contribution in [0.1, 0.15) is 37.1 Å². The third kappa shape index (κ3) is 3.41. The van der Waals surface area contributed by atoms with E-state index >= 15 is 0 Å². The zero-order valence-corrected chi connectivity index (χ0v) is 25.7. The quantitative estimate of drug-likeness (QED) is 0.167. The Morgan fingerprint density at radius 2 is 1.21 bits per heavy atom. The van der Waals surface area contributed by atoms with Crippen LogP contribution in [0.5, 0.6) is 0 Å². The molecule has 0 nitrogen and oxygen atoms in total. The van der Waals surface area contributed by atoms with E-state index in [9.17, 15) is 0 Å². The van der Waals surface area contributed by atoms with Crippen LogP contribution in [-0.2, 0) is 24.4 Å². The van der Waals surface area contributed by atoms with Gasteiger partial charge in [-0.05, 0) is 0 Å². The predicted molar refractivity (Wildman–Crippen MR) is 160 cm³/mol. The van der Waals surface area contributed by atoms with E-state index in [0.29, 0.717) is 3.67 Å². The average Bonchev–Trinajstić information content (AvgIpc) is 3.57. The van der Waals surface area contributed by atoms with Crippen LogP contribution in [0.25, 0.3) is 17.2 Å². The number of rotatable bonds is 4. The van der Waals surface area contributed by atoms with Gasteiger partial charge in [0.25, 0.3) is 0 Å². The fourth-order valence-electron chi connectivity index (χ4n) is 7.61. The van der Waals surface area contributed by atoms with Crippen molar-refractivity contribution in [3.8, 4) is 11.1 Å². The zero-order chi connectivity index (χ0) is 25.8. The first kappa shape index (κ1) is 23.7. The molecule has 0 bridgehead atoms. The molecule has 38 heavy (non-hydrogen) atoms. The topological polar surface area (TPSA) is 0 Å². The Morgan fingerprint density at radius 1 is 0.605 bits per heavy atom. The second kappa shape index (κ2) is 8.82. The van der Waals surface area contributed by atoms with E-state index in [4.69, 9.17) is 0 Å². The van der Waals surface area contributed by atoms with Gasteiger partial charge in [-0.25, -0.2) is 0 Å². The van der Waals surface area contributed by atoms with Crippen molar-refractivity contribution in [3.63, 3.8) is 0 Å². The van der Waals surface area contributed by atoms with Gasteiger partial charge in [0.15, 0.2) is 0 Å². The number of allylic oxidation sites excluding steroid dienone is 1. The number of hydrogen-bond donors (Lipinski definition) is 0. The van der Waals surface area contributed by atoms with E-state index in [0.717, 1.165) is 6.42 Å². The second-order valence-electron chi connectivity index (χ2n) is 11.7.